The maximum atomic E-state index is 13.2. The molecule has 0 spiro atoms. The molecule has 3 aromatic rings. The minimum atomic E-state index is -0.586. The number of hydrogen-bond donors (Lipinski definition) is 0. The van der Waals surface area contributed by atoms with Crippen molar-refractivity contribution in [3.05, 3.63) is 72.6 Å². The predicted molar refractivity (Wildman–Crippen MR) is 123 cm³/mol. The molecule has 2 aromatic heterocycles. The lowest BCUT2D eigenvalue weighted by Crippen LogP contribution is -2.43. The molecule has 1 aliphatic heterocycles. The first kappa shape index (κ1) is 23.4. The van der Waals surface area contributed by atoms with Crippen molar-refractivity contribution >= 4 is 11.8 Å². The van der Waals surface area contributed by atoms with E-state index in [4.69, 9.17) is 9.47 Å². The molecule has 1 saturated heterocycles. The monoisotopic (exact) mass is 464 g/mol. The van der Waals surface area contributed by atoms with Gasteiger partial charge in [0.05, 0.1) is 38.6 Å². The molecule has 0 bridgehead atoms. The zero-order valence-corrected chi connectivity index (χ0v) is 19.3. The van der Waals surface area contributed by atoms with Crippen molar-refractivity contribution in [1.82, 2.24) is 29.5 Å². The Bertz CT molecular complexity index is 1090. The molecule has 34 heavy (non-hydrogen) atoms. The highest BCUT2D eigenvalue weighted by atomic mass is 16.5. The molecule has 0 unspecified atom stereocenters. The first-order chi connectivity index (χ1) is 16.5. The van der Waals surface area contributed by atoms with Crippen LogP contribution in [0.4, 0.5) is 0 Å². The third kappa shape index (κ3) is 5.76. The minimum Gasteiger partial charge on any atom is -0.497 e. The summed E-state index contributed by atoms with van der Waals surface area (Å²) in [6.45, 7) is 3.01. The van der Waals surface area contributed by atoms with E-state index in [2.05, 4.69) is 15.1 Å². The van der Waals surface area contributed by atoms with Crippen LogP contribution in [0.2, 0.25) is 0 Å². The largest absolute Gasteiger partial charge is 0.497 e. The molecular weight excluding hydrogens is 436 g/mol. The molecule has 178 valence electrons. The topological polar surface area (TPSA) is 103 Å². The van der Waals surface area contributed by atoms with Crippen LogP contribution in [0.1, 0.15) is 24.2 Å². The van der Waals surface area contributed by atoms with Crippen LogP contribution in [-0.4, -0.2) is 74.2 Å². The average molecular weight is 465 g/mol. The molecule has 10 nitrogen and oxygen atoms in total. The number of amides is 2. The van der Waals surface area contributed by atoms with Gasteiger partial charge >= 0.3 is 0 Å². The van der Waals surface area contributed by atoms with E-state index in [9.17, 15) is 9.59 Å². The summed E-state index contributed by atoms with van der Waals surface area (Å²) < 4.78 is 13.0. The molecule has 0 aliphatic carbocycles. The van der Waals surface area contributed by atoms with E-state index in [-0.39, 0.29) is 31.0 Å². The standard InChI is InChI=1S/C24H28N6O4/c1-18(30-17-25-16-27-30)24(32)29-13-22(34-15-19-6-5-8-21(10-19)33-2)12-28(23(31)14-29)11-20-7-3-4-9-26-20/h3-10,16-18,22H,11-15H2,1-2H3/t18-,22+/m0/s1. The van der Waals surface area contributed by atoms with Crippen LogP contribution in [0.15, 0.2) is 61.3 Å². The normalized spacial score (nSPS) is 17.4. The molecule has 1 aliphatic rings. The summed E-state index contributed by atoms with van der Waals surface area (Å²) in [4.78, 5) is 37.9. The van der Waals surface area contributed by atoms with Crippen molar-refractivity contribution in [3.63, 3.8) is 0 Å². The Morgan fingerprint density at radius 3 is 2.82 bits per heavy atom. The van der Waals surface area contributed by atoms with Gasteiger partial charge in [0.25, 0.3) is 0 Å². The van der Waals surface area contributed by atoms with E-state index in [1.54, 1.807) is 30.0 Å². The van der Waals surface area contributed by atoms with Gasteiger partial charge in [-0.25, -0.2) is 9.67 Å². The van der Waals surface area contributed by atoms with Gasteiger partial charge in [0.15, 0.2) is 0 Å². The number of nitrogens with zero attached hydrogens (tertiary/aromatic N) is 6. The van der Waals surface area contributed by atoms with Gasteiger partial charge in [0.2, 0.25) is 11.8 Å². The van der Waals surface area contributed by atoms with Crippen LogP contribution in [0, 0.1) is 0 Å². The fraction of sp³-hybridized carbons (Fsp3) is 0.375. The highest BCUT2D eigenvalue weighted by molar-refractivity contribution is 5.87. The van der Waals surface area contributed by atoms with Crippen LogP contribution in [0.25, 0.3) is 0 Å². The van der Waals surface area contributed by atoms with E-state index in [0.29, 0.717) is 19.7 Å². The van der Waals surface area contributed by atoms with Crippen LogP contribution >= 0.6 is 0 Å². The van der Waals surface area contributed by atoms with Gasteiger partial charge in [-0.1, -0.05) is 18.2 Å². The van der Waals surface area contributed by atoms with E-state index >= 15 is 0 Å². The maximum absolute atomic E-state index is 13.2. The fourth-order valence-corrected chi connectivity index (χ4v) is 3.86. The van der Waals surface area contributed by atoms with Gasteiger partial charge in [-0.2, -0.15) is 5.10 Å². The van der Waals surface area contributed by atoms with Crippen molar-refractivity contribution in [2.75, 3.05) is 26.7 Å². The van der Waals surface area contributed by atoms with Gasteiger partial charge < -0.3 is 19.3 Å². The van der Waals surface area contributed by atoms with Crippen molar-refractivity contribution in [3.8, 4) is 5.75 Å². The molecule has 2 amide bonds. The van der Waals surface area contributed by atoms with Crippen LogP contribution in [0.3, 0.4) is 0 Å². The molecule has 2 atom stereocenters. The average Bonchev–Trinajstić information content (AvgIpc) is 3.36. The summed E-state index contributed by atoms with van der Waals surface area (Å²) >= 11 is 0. The smallest absolute Gasteiger partial charge is 0.247 e. The minimum absolute atomic E-state index is 0.0380. The Labute approximate surface area is 198 Å². The molecule has 4 rings (SSSR count). The molecule has 0 saturated carbocycles. The highest BCUT2D eigenvalue weighted by Gasteiger charge is 2.33. The van der Waals surface area contributed by atoms with Gasteiger partial charge in [-0.3, -0.25) is 14.6 Å². The highest BCUT2D eigenvalue weighted by Crippen LogP contribution is 2.18. The Hall–Kier alpha value is -3.79. The SMILES string of the molecule is COc1cccc(CO[C@@H]2CN(Cc3ccccn3)C(=O)CN(C(=O)[C@H](C)n3cncn3)C2)c1. The Morgan fingerprint density at radius 1 is 1.21 bits per heavy atom. The Morgan fingerprint density at radius 2 is 2.09 bits per heavy atom. The number of methoxy groups -OCH3 is 1. The number of aromatic nitrogens is 4. The molecule has 3 heterocycles. The number of carbonyl (C=O) groups excluding carboxylic acids is 2. The molecule has 0 radical (unpaired) electrons. The molecule has 10 heteroatoms. The number of hydrogen-bond acceptors (Lipinski definition) is 7. The number of benzene rings is 1. The number of rotatable bonds is 8. The Kier molecular flexibility index (Phi) is 7.48. The van der Waals surface area contributed by atoms with E-state index in [1.165, 1.54) is 17.3 Å². The number of carbonyl (C=O) groups is 2. The van der Waals surface area contributed by atoms with Gasteiger partial charge in [0, 0.05) is 19.3 Å². The summed E-state index contributed by atoms with van der Waals surface area (Å²) in [5.41, 5.74) is 1.72. The lowest BCUT2D eigenvalue weighted by atomic mass is 10.2. The molecular formula is C24H28N6O4. The van der Waals surface area contributed by atoms with E-state index in [0.717, 1.165) is 17.0 Å². The van der Waals surface area contributed by atoms with Crippen LogP contribution in [0.5, 0.6) is 5.75 Å². The zero-order valence-electron chi connectivity index (χ0n) is 19.3. The second kappa shape index (κ2) is 10.9. The van der Waals surface area contributed by atoms with Crippen molar-refractivity contribution in [2.45, 2.75) is 32.2 Å². The van der Waals surface area contributed by atoms with Crippen LogP contribution < -0.4 is 4.74 Å². The number of ether oxygens (including phenoxy) is 2. The number of pyridine rings is 1. The van der Waals surface area contributed by atoms with Crippen molar-refractivity contribution in [2.24, 2.45) is 0 Å². The second-order valence-electron chi connectivity index (χ2n) is 8.15. The Balaban J connectivity index is 1.52. The molecule has 0 N–H and O–H groups in total. The lowest BCUT2D eigenvalue weighted by molar-refractivity contribution is -0.141. The van der Waals surface area contributed by atoms with Gasteiger partial charge in [-0.15, -0.1) is 0 Å². The van der Waals surface area contributed by atoms with Crippen molar-refractivity contribution < 1.29 is 19.1 Å². The fourth-order valence-electron chi connectivity index (χ4n) is 3.86. The zero-order chi connectivity index (χ0) is 23.9. The van der Waals surface area contributed by atoms with Gasteiger partial charge in [0.1, 0.15) is 24.4 Å². The second-order valence-corrected chi connectivity index (χ2v) is 8.15. The van der Waals surface area contributed by atoms with Gasteiger partial charge in [-0.05, 0) is 36.8 Å². The summed E-state index contributed by atoms with van der Waals surface area (Å²) in [5, 5.41) is 4.07. The summed E-state index contributed by atoms with van der Waals surface area (Å²) in [6.07, 6.45) is 4.19. The first-order valence-corrected chi connectivity index (χ1v) is 11.1. The van der Waals surface area contributed by atoms with E-state index in [1.807, 2.05) is 42.5 Å². The lowest BCUT2D eigenvalue weighted by Gasteiger charge is -2.26. The predicted octanol–water partition coefficient (Wildman–Crippen LogP) is 1.70. The third-order valence-electron chi connectivity index (χ3n) is 5.73. The molecule has 1 fully saturated rings. The summed E-state index contributed by atoms with van der Waals surface area (Å²) in [5.74, 6) is 0.373. The molecule has 1 aromatic carbocycles. The van der Waals surface area contributed by atoms with Crippen molar-refractivity contribution in [1.29, 1.82) is 0 Å². The van der Waals surface area contributed by atoms with Crippen LogP contribution in [-0.2, 0) is 27.5 Å². The third-order valence-corrected chi connectivity index (χ3v) is 5.73. The van der Waals surface area contributed by atoms with E-state index < -0.39 is 6.04 Å². The maximum Gasteiger partial charge on any atom is 0.247 e. The first-order valence-electron chi connectivity index (χ1n) is 11.1. The summed E-state index contributed by atoms with van der Waals surface area (Å²) in [6, 6.07) is 12.6. The quantitative estimate of drug-likeness (QED) is 0.500. The summed E-state index contributed by atoms with van der Waals surface area (Å²) in [7, 11) is 1.62.